The Morgan fingerprint density at radius 1 is 1.00 bits per heavy atom. The maximum absolute atomic E-state index is 12.6. The fourth-order valence-electron chi connectivity index (χ4n) is 5.26. The molecule has 2 aromatic heterocycles. The lowest BCUT2D eigenvalue weighted by atomic mass is 9.77. The molecule has 1 aliphatic carbocycles. The van der Waals surface area contributed by atoms with Gasteiger partial charge >= 0.3 is 5.97 Å². The fraction of sp³-hybridized carbons (Fsp3) is 0.500. The number of benzene rings is 1. The lowest BCUT2D eigenvalue weighted by Gasteiger charge is -2.28. The lowest BCUT2D eigenvalue weighted by Crippen LogP contribution is -2.22. The number of hydrogen-bond acceptors (Lipinski definition) is 6. The topological polar surface area (TPSA) is 86.6 Å². The molecule has 0 atom stereocenters. The molecule has 0 aliphatic heterocycles. The lowest BCUT2D eigenvalue weighted by molar-refractivity contribution is -0.142. The second kappa shape index (κ2) is 13.6. The first-order chi connectivity index (χ1) is 19.5. The molecule has 2 heterocycles. The van der Waals surface area contributed by atoms with Gasteiger partial charge in [0.2, 0.25) is 0 Å². The third-order valence-corrected chi connectivity index (χ3v) is 9.56. The number of esters is 1. The van der Waals surface area contributed by atoms with Crippen LogP contribution < -0.4 is 0 Å². The summed E-state index contributed by atoms with van der Waals surface area (Å²) >= 11 is 0. The van der Waals surface area contributed by atoms with E-state index in [-0.39, 0.29) is 11.9 Å². The zero-order valence-corrected chi connectivity index (χ0v) is 26.4. The van der Waals surface area contributed by atoms with Crippen LogP contribution in [0, 0.1) is 5.92 Å². The van der Waals surface area contributed by atoms with Crippen LogP contribution >= 0.6 is 0 Å². The average molecular weight is 577 g/mol. The average Bonchev–Trinajstić information content (AvgIpc) is 3.39. The fourth-order valence-corrected chi connectivity index (χ4v) is 6.02. The maximum atomic E-state index is 12.6. The number of carbonyl (C=O) groups excluding carboxylic acids is 2. The molecule has 0 spiro atoms. The van der Waals surface area contributed by atoms with E-state index in [1.165, 1.54) is 17.6 Å². The van der Waals surface area contributed by atoms with Crippen molar-refractivity contribution in [2.45, 2.75) is 70.4 Å². The van der Waals surface area contributed by atoms with E-state index >= 15 is 0 Å². The Labute approximate surface area is 245 Å². The van der Waals surface area contributed by atoms with Crippen LogP contribution in [0.1, 0.15) is 54.1 Å². The molecule has 1 saturated carbocycles. The van der Waals surface area contributed by atoms with Gasteiger partial charge in [0, 0.05) is 58.7 Å². The SMILES string of the molecule is COC(=O)CC1CCC(c2ccc(-c3ccc(-c4nc(C(=O)N(C)C)cn4COCC[Si](C)(C)C)cn3)cc2)CC1. The van der Waals surface area contributed by atoms with Crippen molar-refractivity contribution in [3.63, 3.8) is 0 Å². The van der Waals surface area contributed by atoms with E-state index in [9.17, 15) is 9.59 Å². The van der Waals surface area contributed by atoms with Gasteiger partial charge in [-0.05, 0) is 61.3 Å². The predicted molar refractivity (Wildman–Crippen MR) is 164 cm³/mol. The van der Waals surface area contributed by atoms with Gasteiger partial charge < -0.3 is 18.9 Å². The zero-order valence-electron chi connectivity index (χ0n) is 25.4. The largest absolute Gasteiger partial charge is 0.469 e. The summed E-state index contributed by atoms with van der Waals surface area (Å²) in [5, 5.41) is 0. The molecule has 3 aromatic rings. The van der Waals surface area contributed by atoms with Crippen molar-refractivity contribution in [2.75, 3.05) is 27.8 Å². The summed E-state index contributed by atoms with van der Waals surface area (Å²) in [6.45, 7) is 8.00. The van der Waals surface area contributed by atoms with Gasteiger partial charge in [0.1, 0.15) is 18.2 Å². The summed E-state index contributed by atoms with van der Waals surface area (Å²) in [6, 6.07) is 13.8. The first-order valence-corrected chi connectivity index (χ1v) is 18.2. The number of pyridine rings is 1. The number of amides is 1. The Kier molecular flexibility index (Phi) is 10.1. The molecule has 0 radical (unpaired) electrons. The minimum atomic E-state index is -1.20. The first-order valence-electron chi connectivity index (χ1n) is 14.5. The van der Waals surface area contributed by atoms with Crippen LogP contribution in [0.15, 0.2) is 48.8 Å². The molecule has 4 rings (SSSR count). The molecule has 0 unspecified atom stereocenters. The number of aromatic nitrogens is 3. The van der Waals surface area contributed by atoms with E-state index in [4.69, 9.17) is 14.5 Å². The van der Waals surface area contributed by atoms with Crippen LogP contribution in [0.5, 0.6) is 0 Å². The molecule has 0 N–H and O–H groups in total. The van der Waals surface area contributed by atoms with Crippen LogP contribution in [0.3, 0.4) is 0 Å². The van der Waals surface area contributed by atoms with Gasteiger partial charge in [0.05, 0.1) is 12.8 Å². The number of carbonyl (C=O) groups is 2. The van der Waals surface area contributed by atoms with Crippen LogP contribution in [0.25, 0.3) is 22.6 Å². The molecule has 0 saturated heterocycles. The molecule has 1 fully saturated rings. The zero-order chi connectivity index (χ0) is 29.6. The molecule has 41 heavy (non-hydrogen) atoms. The van der Waals surface area contributed by atoms with E-state index in [1.807, 2.05) is 22.9 Å². The monoisotopic (exact) mass is 576 g/mol. The van der Waals surface area contributed by atoms with Crippen LogP contribution in [0.2, 0.25) is 25.7 Å². The number of ether oxygens (including phenoxy) is 2. The molecule has 1 amide bonds. The second-order valence-corrected chi connectivity index (χ2v) is 18.1. The summed E-state index contributed by atoms with van der Waals surface area (Å²) in [5.41, 5.74) is 4.51. The van der Waals surface area contributed by atoms with Crippen molar-refractivity contribution in [1.82, 2.24) is 19.4 Å². The van der Waals surface area contributed by atoms with Crippen molar-refractivity contribution >= 4 is 20.0 Å². The summed E-state index contributed by atoms with van der Waals surface area (Å²) in [4.78, 5) is 35.2. The number of rotatable bonds is 11. The third kappa shape index (κ3) is 8.36. The Morgan fingerprint density at radius 3 is 2.27 bits per heavy atom. The highest BCUT2D eigenvalue weighted by molar-refractivity contribution is 6.76. The van der Waals surface area contributed by atoms with E-state index in [0.29, 0.717) is 43.1 Å². The van der Waals surface area contributed by atoms with Crippen molar-refractivity contribution in [1.29, 1.82) is 0 Å². The summed E-state index contributed by atoms with van der Waals surface area (Å²) in [5.74, 6) is 1.38. The molecule has 8 nitrogen and oxygen atoms in total. The third-order valence-electron chi connectivity index (χ3n) is 7.86. The molecule has 1 aliphatic rings. The van der Waals surface area contributed by atoms with Crippen molar-refractivity contribution in [2.24, 2.45) is 5.92 Å². The minimum absolute atomic E-state index is 0.103. The van der Waals surface area contributed by atoms with Crippen molar-refractivity contribution in [3.05, 3.63) is 60.0 Å². The van der Waals surface area contributed by atoms with Gasteiger partial charge in [0.25, 0.3) is 5.91 Å². The van der Waals surface area contributed by atoms with Gasteiger partial charge in [-0.2, -0.15) is 0 Å². The molecule has 9 heteroatoms. The van der Waals surface area contributed by atoms with Crippen LogP contribution in [-0.4, -0.2) is 67.2 Å². The van der Waals surface area contributed by atoms with Gasteiger partial charge in [-0.3, -0.25) is 14.6 Å². The summed E-state index contributed by atoms with van der Waals surface area (Å²) in [6.07, 6.45) is 8.43. The number of imidazole rings is 1. The number of nitrogens with zero attached hydrogens (tertiary/aromatic N) is 4. The maximum Gasteiger partial charge on any atom is 0.305 e. The number of hydrogen-bond donors (Lipinski definition) is 0. The standard InChI is InChI=1S/C32H44N4O4Si/c1-35(2)32(38)29-21-36(22-40-17-18-41(4,5)6)31(34-29)27-15-16-28(33-20-27)26-13-11-25(12-14-26)24-9-7-23(8-10-24)19-30(37)39-3/h11-16,20-21,23-24H,7-10,17-19,22H2,1-6H3. The van der Waals surface area contributed by atoms with Crippen LogP contribution in [0.4, 0.5) is 0 Å². The molecular formula is C32H44N4O4Si. The highest BCUT2D eigenvalue weighted by Crippen LogP contribution is 2.37. The highest BCUT2D eigenvalue weighted by atomic mass is 28.3. The van der Waals surface area contributed by atoms with E-state index in [0.717, 1.165) is 48.5 Å². The van der Waals surface area contributed by atoms with E-state index in [1.54, 1.807) is 20.3 Å². The van der Waals surface area contributed by atoms with Crippen molar-refractivity contribution in [3.8, 4) is 22.6 Å². The molecular weight excluding hydrogens is 532 g/mol. The minimum Gasteiger partial charge on any atom is -0.469 e. The predicted octanol–water partition coefficient (Wildman–Crippen LogP) is 6.46. The Hall–Kier alpha value is -3.30. The second-order valence-electron chi connectivity index (χ2n) is 12.5. The summed E-state index contributed by atoms with van der Waals surface area (Å²) in [7, 11) is 3.71. The normalized spacial score (nSPS) is 17.3. The van der Waals surface area contributed by atoms with Gasteiger partial charge in [-0.15, -0.1) is 0 Å². The molecule has 0 bridgehead atoms. The van der Waals surface area contributed by atoms with Gasteiger partial charge in [0.15, 0.2) is 0 Å². The number of methoxy groups -OCH3 is 1. The molecule has 220 valence electrons. The highest BCUT2D eigenvalue weighted by Gasteiger charge is 2.24. The Bertz CT molecular complexity index is 1300. The smallest absolute Gasteiger partial charge is 0.305 e. The van der Waals surface area contributed by atoms with Crippen LogP contribution in [-0.2, 0) is 21.0 Å². The quantitative estimate of drug-likeness (QED) is 0.148. The Morgan fingerprint density at radius 2 is 1.68 bits per heavy atom. The molecule has 1 aromatic carbocycles. The van der Waals surface area contributed by atoms with Crippen molar-refractivity contribution < 1.29 is 19.1 Å². The van der Waals surface area contributed by atoms with Gasteiger partial charge in [-0.1, -0.05) is 43.9 Å². The van der Waals surface area contributed by atoms with Gasteiger partial charge in [-0.25, -0.2) is 4.98 Å². The van der Waals surface area contributed by atoms with E-state index < -0.39 is 8.07 Å². The summed E-state index contributed by atoms with van der Waals surface area (Å²) < 4.78 is 12.7. The first kappa shape index (κ1) is 30.7. The van der Waals surface area contributed by atoms with E-state index in [2.05, 4.69) is 48.9 Å². The Balaban J connectivity index is 1.44.